The largest absolute Gasteiger partial charge is 0.465 e. The molecule has 0 amide bonds. The Morgan fingerprint density at radius 3 is 2.22 bits per heavy atom. The standard InChI is InChI=1S/C16H21NO5S/c1-3-22-15(19)16(10-4-5-11-16)17-23(20,21)14-8-6-13(7-9-14)12(2)18/h6-9,17H,3-5,10-11H2,1-2H3. The molecule has 7 heteroatoms. The van der Waals surface area contributed by atoms with E-state index in [0.717, 1.165) is 12.8 Å². The lowest BCUT2D eigenvalue weighted by Crippen LogP contribution is -2.53. The van der Waals surface area contributed by atoms with Gasteiger partial charge in [-0.3, -0.25) is 9.59 Å². The number of carbonyl (C=O) groups is 2. The molecule has 0 bridgehead atoms. The zero-order valence-electron chi connectivity index (χ0n) is 13.3. The third-order valence-corrected chi connectivity index (χ3v) is 5.58. The number of Topliss-reactive ketones (excluding diaryl/α,β-unsaturated/α-hetero) is 1. The maximum absolute atomic E-state index is 12.6. The Kier molecular flexibility index (Phi) is 5.21. The third kappa shape index (κ3) is 3.79. The lowest BCUT2D eigenvalue weighted by atomic mass is 10.00. The quantitative estimate of drug-likeness (QED) is 0.633. The van der Waals surface area contributed by atoms with Gasteiger partial charge in [0.05, 0.1) is 11.5 Å². The Hall–Kier alpha value is -1.73. The van der Waals surface area contributed by atoms with Crippen LogP contribution in [-0.2, 0) is 19.6 Å². The molecule has 126 valence electrons. The van der Waals surface area contributed by atoms with Crippen molar-refractivity contribution in [1.82, 2.24) is 4.72 Å². The normalized spacial score (nSPS) is 17.0. The second kappa shape index (κ2) is 6.80. The molecule has 0 atom stereocenters. The number of hydrogen-bond acceptors (Lipinski definition) is 5. The van der Waals surface area contributed by atoms with Crippen LogP contribution in [0.2, 0.25) is 0 Å². The van der Waals surface area contributed by atoms with Crippen LogP contribution in [0.1, 0.15) is 49.9 Å². The molecular formula is C16H21NO5S. The Morgan fingerprint density at radius 1 is 1.17 bits per heavy atom. The summed E-state index contributed by atoms with van der Waals surface area (Å²) in [6.45, 7) is 3.31. The second-order valence-corrected chi connectivity index (χ2v) is 7.38. The summed E-state index contributed by atoms with van der Waals surface area (Å²) in [5, 5.41) is 0. The first-order chi connectivity index (χ1) is 10.8. The lowest BCUT2D eigenvalue weighted by molar-refractivity contribution is -0.150. The van der Waals surface area contributed by atoms with Crippen molar-refractivity contribution in [3.05, 3.63) is 29.8 Å². The molecule has 1 saturated carbocycles. The summed E-state index contributed by atoms with van der Waals surface area (Å²) in [6, 6.07) is 5.66. The lowest BCUT2D eigenvalue weighted by Gasteiger charge is -2.27. The molecule has 1 aromatic carbocycles. The third-order valence-electron chi connectivity index (χ3n) is 4.02. The van der Waals surface area contributed by atoms with Crippen molar-refractivity contribution in [2.75, 3.05) is 6.61 Å². The van der Waals surface area contributed by atoms with Crippen LogP contribution in [0.5, 0.6) is 0 Å². The van der Waals surface area contributed by atoms with Crippen molar-refractivity contribution in [3.63, 3.8) is 0 Å². The van der Waals surface area contributed by atoms with Crippen molar-refractivity contribution in [3.8, 4) is 0 Å². The maximum Gasteiger partial charge on any atom is 0.327 e. The highest BCUT2D eigenvalue weighted by Gasteiger charge is 2.45. The number of esters is 1. The summed E-state index contributed by atoms with van der Waals surface area (Å²) < 4.78 is 32.7. The summed E-state index contributed by atoms with van der Waals surface area (Å²) in [7, 11) is -3.87. The minimum atomic E-state index is -3.87. The molecule has 6 nitrogen and oxygen atoms in total. The predicted octanol–water partition coefficient (Wildman–Crippen LogP) is 2.04. The molecule has 1 fully saturated rings. The molecule has 1 aliphatic rings. The molecule has 0 spiro atoms. The second-order valence-electron chi connectivity index (χ2n) is 5.70. The van der Waals surface area contributed by atoms with Crippen LogP contribution < -0.4 is 4.72 Å². The number of sulfonamides is 1. The SMILES string of the molecule is CCOC(=O)C1(NS(=O)(=O)c2ccc(C(C)=O)cc2)CCCC1. The topological polar surface area (TPSA) is 89.5 Å². The van der Waals surface area contributed by atoms with E-state index >= 15 is 0 Å². The number of nitrogens with one attached hydrogen (secondary N) is 1. The van der Waals surface area contributed by atoms with Crippen LogP contribution in [0.3, 0.4) is 0 Å². The fourth-order valence-corrected chi connectivity index (χ4v) is 4.19. The average Bonchev–Trinajstić information content (AvgIpc) is 2.96. The molecule has 0 radical (unpaired) electrons. The van der Waals surface area contributed by atoms with E-state index in [1.165, 1.54) is 31.2 Å². The summed E-state index contributed by atoms with van der Waals surface area (Å²) in [4.78, 5) is 23.5. The van der Waals surface area contributed by atoms with E-state index < -0.39 is 21.5 Å². The van der Waals surface area contributed by atoms with Crippen LogP contribution in [0.25, 0.3) is 0 Å². The van der Waals surface area contributed by atoms with Gasteiger partial charge < -0.3 is 4.74 Å². The van der Waals surface area contributed by atoms with E-state index in [-0.39, 0.29) is 17.3 Å². The predicted molar refractivity (Wildman–Crippen MR) is 84.6 cm³/mol. The smallest absolute Gasteiger partial charge is 0.327 e. The maximum atomic E-state index is 12.6. The zero-order chi connectivity index (χ0) is 17.1. The molecule has 0 aliphatic heterocycles. The molecule has 1 aliphatic carbocycles. The van der Waals surface area contributed by atoms with Gasteiger partial charge in [-0.05, 0) is 38.8 Å². The van der Waals surface area contributed by atoms with E-state index in [0.29, 0.717) is 18.4 Å². The summed E-state index contributed by atoms with van der Waals surface area (Å²) in [6.07, 6.45) is 2.39. The number of benzene rings is 1. The van der Waals surface area contributed by atoms with Gasteiger partial charge in [0.1, 0.15) is 5.54 Å². The van der Waals surface area contributed by atoms with Gasteiger partial charge in [-0.1, -0.05) is 25.0 Å². The Morgan fingerprint density at radius 2 is 1.74 bits per heavy atom. The van der Waals surface area contributed by atoms with Gasteiger partial charge in [0, 0.05) is 5.56 Å². The Balaban J connectivity index is 2.27. The molecule has 0 aromatic heterocycles. The molecule has 2 rings (SSSR count). The number of ketones is 1. The first-order valence-corrected chi connectivity index (χ1v) is 9.11. The summed E-state index contributed by atoms with van der Waals surface area (Å²) in [5.41, 5.74) is -0.751. The number of rotatable bonds is 6. The molecule has 0 heterocycles. The van der Waals surface area contributed by atoms with Gasteiger partial charge in [-0.2, -0.15) is 4.72 Å². The number of ether oxygens (including phenoxy) is 1. The van der Waals surface area contributed by atoms with Crippen LogP contribution in [0.4, 0.5) is 0 Å². The van der Waals surface area contributed by atoms with Crippen LogP contribution in [0, 0.1) is 0 Å². The molecule has 23 heavy (non-hydrogen) atoms. The number of carbonyl (C=O) groups excluding carboxylic acids is 2. The monoisotopic (exact) mass is 339 g/mol. The molecule has 1 N–H and O–H groups in total. The average molecular weight is 339 g/mol. The van der Waals surface area contributed by atoms with Crippen molar-refractivity contribution >= 4 is 21.8 Å². The van der Waals surface area contributed by atoms with Crippen molar-refractivity contribution in [2.45, 2.75) is 50.0 Å². The van der Waals surface area contributed by atoms with Gasteiger partial charge in [0.2, 0.25) is 10.0 Å². The van der Waals surface area contributed by atoms with Gasteiger partial charge in [0.25, 0.3) is 0 Å². The van der Waals surface area contributed by atoms with Crippen molar-refractivity contribution in [2.24, 2.45) is 0 Å². The van der Waals surface area contributed by atoms with Crippen molar-refractivity contribution < 1.29 is 22.7 Å². The highest BCUT2D eigenvalue weighted by atomic mass is 32.2. The van der Waals surface area contributed by atoms with Crippen LogP contribution >= 0.6 is 0 Å². The molecule has 0 unspecified atom stereocenters. The first kappa shape index (κ1) is 17.6. The first-order valence-electron chi connectivity index (χ1n) is 7.63. The molecule has 1 aromatic rings. The highest BCUT2D eigenvalue weighted by molar-refractivity contribution is 7.89. The Bertz CT molecular complexity index is 688. The fraction of sp³-hybridized carbons (Fsp3) is 0.500. The van der Waals surface area contributed by atoms with Gasteiger partial charge in [-0.15, -0.1) is 0 Å². The summed E-state index contributed by atoms with van der Waals surface area (Å²) in [5.74, 6) is -0.665. The van der Waals surface area contributed by atoms with Gasteiger partial charge >= 0.3 is 5.97 Å². The molecule has 0 saturated heterocycles. The van der Waals surface area contributed by atoms with Crippen LogP contribution in [-0.4, -0.2) is 32.3 Å². The van der Waals surface area contributed by atoms with Crippen LogP contribution in [0.15, 0.2) is 29.2 Å². The van der Waals surface area contributed by atoms with E-state index in [2.05, 4.69) is 4.72 Å². The minimum Gasteiger partial charge on any atom is -0.465 e. The van der Waals surface area contributed by atoms with E-state index in [1.54, 1.807) is 6.92 Å². The van der Waals surface area contributed by atoms with E-state index in [1.807, 2.05) is 0 Å². The fourth-order valence-electron chi connectivity index (χ4n) is 2.78. The summed E-state index contributed by atoms with van der Waals surface area (Å²) >= 11 is 0. The van der Waals surface area contributed by atoms with E-state index in [9.17, 15) is 18.0 Å². The van der Waals surface area contributed by atoms with Gasteiger partial charge in [-0.25, -0.2) is 8.42 Å². The number of hydrogen-bond donors (Lipinski definition) is 1. The minimum absolute atomic E-state index is 0.0260. The molecular weight excluding hydrogens is 318 g/mol. The Labute approximate surface area is 136 Å². The van der Waals surface area contributed by atoms with E-state index in [4.69, 9.17) is 4.74 Å². The highest BCUT2D eigenvalue weighted by Crippen LogP contribution is 2.32. The van der Waals surface area contributed by atoms with Crippen molar-refractivity contribution in [1.29, 1.82) is 0 Å². The zero-order valence-corrected chi connectivity index (χ0v) is 14.1. The van der Waals surface area contributed by atoms with Gasteiger partial charge in [0.15, 0.2) is 5.78 Å².